The molecule has 0 aromatic carbocycles. The minimum Gasteiger partial charge on any atom is -0.311 e. The third kappa shape index (κ3) is 2.16. The van der Waals surface area contributed by atoms with E-state index in [1.165, 1.54) is 25.7 Å². The van der Waals surface area contributed by atoms with Gasteiger partial charge in [0.1, 0.15) is 0 Å². The Hall–Kier alpha value is -0.110. The molecule has 1 aliphatic carbocycles. The van der Waals surface area contributed by atoms with Crippen LogP contribution in [0.2, 0.25) is 0 Å². The summed E-state index contributed by atoms with van der Waals surface area (Å²) in [5, 5.41) is 3.44. The molecule has 0 aromatic rings. The topological polar surface area (TPSA) is 12.0 Å². The smallest absolute Gasteiger partial charge is 0.0906 e. The maximum absolute atomic E-state index is 11.8. The Balaban J connectivity index is 2.11. The molecular weight excluding hydrogens is 141 g/mol. The van der Waals surface area contributed by atoms with E-state index in [1.807, 2.05) is 0 Å². The van der Waals surface area contributed by atoms with E-state index in [2.05, 4.69) is 12.2 Å². The largest absolute Gasteiger partial charge is 0.311 e. The van der Waals surface area contributed by atoms with Crippen LogP contribution in [-0.2, 0) is 0 Å². The molecule has 1 fully saturated rings. The summed E-state index contributed by atoms with van der Waals surface area (Å²) in [5.41, 5.74) is 0.398. The SMILES string of the molecule is CCC1(NCCCF)CCC1. The van der Waals surface area contributed by atoms with E-state index in [0.717, 1.165) is 6.54 Å². The van der Waals surface area contributed by atoms with Gasteiger partial charge in [-0.25, -0.2) is 0 Å². The fourth-order valence-electron chi connectivity index (χ4n) is 1.68. The van der Waals surface area contributed by atoms with Crippen LogP contribution in [0.4, 0.5) is 4.39 Å². The zero-order chi connectivity index (χ0) is 8.16. The molecule has 1 aliphatic rings. The van der Waals surface area contributed by atoms with Crippen molar-refractivity contribution in [2.75, 3.05) is 13.2 Å². The van der Waals surface area contributed by atoms with Crippen LogP contribution in [0.3, 0.4) is 0 Å². The predicted molar refractivity (Wildman–Crippen MR) is 45.5 cm³/mol. The predicted octanol–water partition coefficient (Wildman–Crippen LogP) is 2.27. The van der Waals surface area contributed by atoms with Crippen molar-refractivity contribution in [1.29, 1.82) is 0 Å². The summed E-state index contributed by atoms with van der Waals surface area (Å²) in [4.78, 5) is 0. The highest BCUT2D eigenvalue weighted by molar-refractivity contribution is 4.94. The normalized spacial score (nSPS) is 21.3. The first-order valence-corrected chi connectivity index (χ1v) is 4.64. The van der Waals surface area contributed by atoms with Gasteiger partial charge in [0.15, 0.2) is 0 Å². The lowest BCUT2D eigenvalue weighted by molar-refractivity contribution is 0.176. The first-order chi connectivity index (χ1) is 5.33. The van der Waals surface area contributed by atoms with Crippen LogP contribution in [-0.4, -0.2) is 18.8 Å². The van der Waals surface area contributed by atoms with Crippen molar-refractivity contribution in [2.45, 2.75) is 44.6 Å². The van der Waals surface area contributed by atoms with Crippen molar-refractivity contribution in [1.82, 2.24) is 5.32 Å². The lowest BCUT2D eigenvalue weighted by Gasteiger charge is -2.42. The summed E-state index contributed by atoms with van der Waals surface area (Å²) in [6.07, 6.45) is 5.78. The molecule has 0 atom stereocenters. The van der Waals surface area contributed by atoms with E-state index >= 15 is 0 Å². The Kier molecular flexibility index (Phi) is 3.31. The van der Waals surface area contributed by atoms with Gasteiger partial charge in [0.05, 0.1) is 6.67 Å². The Morgan fingerprint density at radius 1 is 1.45 bits per heavy atom. The second-order valence-corrected chi connectivity index (χ2v) is 3.46. The molecule has 0 radical (unpaired) electrons. The molecule has 0 bridgehead atoms. The lowest BCUT2D eigenvalue weighted by atomic mass is 9.75. The van der Waals surface area contributed by atoms with Crippen LogP contribution in [0.5, 0.6) is 0 Å². The zero-order valence-electron chi connectivity index (χ0n) is 7.33. The Morgan fingerprint density at radius 3 is 2.55 bits per heavy atom. The second kappa shape index (κ2) is 4.05. The van der Waals surface area contributed by atoms with Crippen LogP contribution in [0.25, 0.3) is 0 Å². The van der Waals surface area contributed by atoms with Crippen LogP contribution in [0.15, 0.2) is 0 Å². The van der Waals surface area contributed by atoms with E-state index in [9.17, 15) is 4.39 Å². The van der Waals surface area contributed by atoms with E-state index in [0.29, 0.717) is 12.0 Å². The average molecular weight is 159 g/mol. The number of hydrogen-bond donors (Lipinski definition) is 1. The van der Waals surface area contributed by atoms with Gasteiger partial charge in [-0.2, -0.15) is 0 Å². The van der Waals surface area contributed by atoms with Crippen LogP contribution >= 0.6 is 0 Å². The van der Waals surface area contributed by atoms with Gasteiger partial charge in [-0.1, -0.05) is 6.92 Å². The van der Waals surface area contributed by atoms with Crippen molar-refractivity contribution in [3.8, 4) is 0 Å². The van der Waals surface area contributed by atoms with Gasteiger partial charge in [0.25, 0.3) is 0 Å². The molecule has 1 N–H and O–H groups in total. The first kappa shape index (κ1) is 8.98. The van der Waals surface area contributed by atoms with Gasteiger partial charge in [-0.15, -0.1) is 0 Å². The number of hydrogen-bond acceptors (Lipinski definition) is 1. The van der Waals surface area contributed by atoms with Gasteiger partial charge in [0.2, 0.25) is 0 Å². The standard InChI is InChI=1S/C9H18FN/c1-2-9(5-3-6-9)11-8-4-7-10/h11H,2-8H2,1H3. The number of nitrogens with one attached hydrogen (secondary N) is 1. The van der Waals surface area contributed by atoms with Crippen molar-refractivity contribution >= 4 is 0 Å². The molecule has 66 valence electrons. The van der Waals surface area contributed by atoms with Crippen molar-refractivity contribution in [2.24, 2.45) is 0 Å². The molecule has 0 aromatic heterocycles. The average Bonchev–Trinajstić information content (AvgIpc) is 1.95. The molecule has 1 saturated carbocycles. The zero-order valence-corrected chi connectivity index (χ0v) is 7.33. The lowest BCUT2D eigenvalue weighted by Crippen LogP contribution is -2.50. The second-order valence-electron chi connectivity index (χ2n) is 3.46. The minimum absolute atomic E-state index is 0.188. The molecule has 0 amide bonds. The molecule has 0 aliphatic heterocycles. The van der Waals surface area contributed by atoms with Crippen molar-refractivity contribution in [3.63, 3.8) is 0 Å². The first-order valence-electron chi connectivity index (χ1n) is 4.64. The molecule has 0 saturated heterocycles. The fourth-order valence-corrected chi connectivity index (χ4v) is 1.68. The third-order valence-electron chi connectivity index (χ3n) is 2.80. The molecule has 0 unspecified atom stereocenters. The summed E-state index contributed by atoms with van der Waals surface area (Å²) in [5.74, 6) is 0. The molecule has 1 rings (SSSR count). The Labute approximate surface area is 68.4 Å². The molecule has 0 heterocycles. The highest BCUT2D eigenvalue weighted by Crippen LogP contribution is 2.34. The number of halogens is 1. The molecule has 1 nitrogen and oxygen atoms in total. The van der Waals surface area contributed by atoms with Gasteiger partial charge in [0, 0.05) is 5.54 Å². The van der Waals surface area contributed by atoms with Crippen molar-refractivity contribution in [3.05, 3.63) is 0 Å². The van der Waals surface area contributed by atoms with E-state index in [4.69, 9.17) is 0 Å². The highest BCUT2D eigenvalue weighted by atomic mass is 19.1. The van der Waals surface area contributed by atoms with Crippen molar-refractivity contribution < 1.29 is 4.39 Å². The Morgan fingerprint density at radius 2 is 2.18 bits per heavy atom. The van der Waals surface area contributed by atoms with Gasteiger partial charge in [-0.05, 0) is 38.6 Å². The highest BCUT2D eigenvalue weighted by Gasteiger charge is 2.33. The minimum atomic E-state index is -0.188. The van der Waals surface area contributed by atoms with E-state index < -0.39 is 0 Å². The summed E-state index contributed by atoms with van der Waals surface area (Å²) in [7, 11) is 0. The molecule has 2 heteroatoms. The van der Waals surface area contributed by atoms with Crippen LogP contribution in [0, 0.1) is 0 Å². The third-order valence-corrected chi connectivity index (χ3v) is 2.80. The van der Waals surface area contributed by atoms with Gasteiger partial charge in [-0.3, -0.25) is 4.39 Å². The van der Waals surface area contributed by atoms with Gasteiger partial charge < -0.3 is 5.32 Å². The van der Waals surface area contributed by atoms with E-state index in [1.54, 1.807) is 0 Å². The number of alkyl halides is 1. The summed E-state index contributed by atoms with van der Waals surface area (Å²) in [6.45, 7) is 2.87. The Bertz CT molecular complexity index is 105. The van der Waals surface area contributed by atoms with Crippen LogP contribution < -0.4 is 5.32 Å². The molecule has 0 spiro atoms. The number of rotatable bonds is 5. The summed E-state index contributed by atoms with van der Waals surface area (Å²) >= 11 is 0. The fraction of sp³-hybridized carbons (Fsp3) is 1.00. The molecular formula is C9H18FN. The van der Waals surface area contributed by atoms with E-state index in [-0.39, 0.29) is 6.67 Å². The molecule has 11 heavy (non-hydrogen) atoms. The summed E-state index contributed by atoms with van der Waals surface area (Å²) in [6, 6.07) is 0. The maximum atomic E-state index is 11.8. The maximum Gasteiger partial charge on any atom is 0.0906 e. The quantitative estimate of drug-likeness (QED) is 0.607. The monoisotopic (exact) mass is 159 g/mol. The van der Waals surface area contributed by atoms with Gasteiger partial charge >= 0.3 is 0 Å². The summed E-state index contributed by atoms with van der Waals surface area (Å²) < 4.78 is 11.8. The van der Waals surface area contributed by atoms with Crippen LogP contribution in [0.1, 0.15) is 39.0 Å².